The second-order valence-corrected chi connectivity index (χ2v) is 6.14. The summed E-state index contributed by atoms with van der Waals surface area (Å²) in [5.41, 5.74) is 7.33. The van der Waals surface area contributed by atoms with Crippen LogP contribution in [0, 0.1) is 11.8 Å². The van der Waals surface area contributed by atoms with Gasteiger partial charge in [-0.05, 0) is 55.5 Å². The number of benzene rings is 1. The zero-order chi connectivity index (χ0) is 14.5. The Bertz CT molecular complexity index is 394. The first-order valence-corrected chi connectivity index (χ1v) is 7.73. The summed E-state index contributed by atoms with van der Waals surface area (Å²) in [6, 6.07) is 8.68. The molecule has 0 bridgehead atoms. The molecule has 0 aliphatic carbocycles. The fourth-order valence-electron chi connectivity index (χ4n) is 3.22. The second-order valence-electron chi connectivity index (χ2n) is 6.14. The quantitative estimate of drug-likeness (QED) is 0.898. The average Bonchev–Trinajstić information content (AvgIpc) is 2.49. The third-order valence-electron chi connectivity index (χ3n) is 4.68. The molecule has 3 heteroatoms. The molecule has 1 heterocycles. The number of ether oxygens (including phenoxy) is 1. The highest BCUT2D eigenvalue weighted by atomic mass is 16.5. The van der Waals surface area contributed by atoms with Gasteiger partial charge in [-0.2, -0.15) is 0 Å². The van der Waals surface area contributed by atoms with Gasteiger partial charge in [0.05, 0.1) is 7.11 Å². The van der Waals surface area contributed by atoms with E-state index in [1.54, 1.807) is 7.11 Å². The van der Waals surface area contributed by atoms with E-state index in [9.17, 15) is 0 Å². The maximum atomic E-state index is 6.03. The third kappa shape index (κ3) is 3.53. The Labute approximate surface area is 123 Å². The van der Waals surface area contributed by atoms with E-state index in [1.807, 2.05) is 12.1 Å². The van der Waals surface area contributed by atoms with Crippen molar-refractivity contribution in [3.63, 3.8) is 0 Å². The van der Waals surface area contributed by atoms with Crippen molar-refractivity contribution < 1.29 is 4.74 Å². The molecule has 2 rings (SSSR count). The number of methoxy groups -OCH3 is 1. The molecule has 20 heavy (non-hydrogen) atoms. The Morgan fingerprint density at radius 2 is 1.80 bits per heavy atom. The molecule has 2 N–H and O–H groups in total. The van der Waals surface area contributed by atoms with E-state index in [-0.39, 0.29) is 0 Å². The number of likely N-dealkylation sites (tertiary alicyclic amines) is 1. The predicted octanol–water partition coefficient (Wildman–Crippen LogP) is 3.06. The minimum atomic E-state index is 0.342. The number of rotatable bonds is 5. The van der Waals surface area contributed by atoms with Crippen LogP contribution in [0.25, 0.3) is 0 Å². The molecule has 1 aromatic carbocycles. The number of piperidine rings is 1. The van der Waals surface area contributed by atoms with Crippen molar-refractivity contribution in [3.8, 4) is 5.75 Å². The Kier molecular flexibility index (Phi) is 5.44. The van der Waals surface area contributed by atoms with Crippen molar-refractivity contribution in [2.24, 2.45) is 17.6 Å². The minimum absolute atomic E-state index is 0.342. The van der Waals surface area contributed by atoms with Crippen molar-refractivity contribution in [1.29, 1.82) is 0 Å². The summed E-state index contributed by atoms with van der Waals surface area (Å²) >= 11 is 0. The topological polar surface area (TPSA) is 38.5 Å². The molecule has 1 aliphatic rings. The number of nitrogens with zero attached hydrogens (tertiary/aromatic N) is 1. The highest BCUT2D eigenvalue weighted by Gasteiger charge is 2.26. The van der Waals surface area contributed by atoms with E-state index in [4.69, 9.17) is 10.5 Å². The Morgan fingerprint density at radius 3 is 2.25 bits per heavy atom. The first-order valence-electron chi connectivity index (χ1n) is 7.73. The lowest BCUT2D eigenvalue weighted by Crippen LogP contribution is -2.40. The summed E-state index contributed by atoms with van der Waals surface area (Å²) in [4.78, 5) is 2.54. The van der Waals surface area contributed by atoms with Crippen LogP contribution in [-0.2, 0) is 0 Å². The first kappa shape index (κ1) is 15.3. The summed E-state index contributed by atoms with van der Waals surface area (Å²) in [6.07, 6.45) is 2.59. The molecule has 0 radical (unpaired) electrons. The monoisotopic (exact) mass is 276 g/mol. The molecule has 1 fully saturated rings. The number of nitrogens with two attached hydrogens (primary N) is 1. The van der Waals surface area contributed by atoms with E-state index >= 15 is 0 Å². The van der Waals surface area contributed by atoms with Crippen LogP contribution < -0.4 is 10.5 Å². The van der Waals surface area contributed by atoms with Crippen molar-refractivity contribution in [2.45, 2.75) is 32.7 Å². The molecule has 0 aromatic heterocycles. The van der Waals surface area contributed by atoms with Gasteiger partial charge in [-0.3, -0.25) is 4.90 Å². The molecule has 1 aromatic rings. The molecule has 0 amide bonds. The minimum Gasteiger partial charge on any atom is -0.497 e. The zero-order valence-electron chi connectivity index (χ0n) is 13.0. The van der Waals surface area contributed by atoms with Gasteiger partial charge in [0.2, 0.25) is 0 Å². The summed E-state index contributed by atoms with van der Waals surface area (Å²) in [6.45, 7) is 7.68. The van der Waals surface area contributed by atoms with Gasteiger partial charge in [-0.15, -0.1) is 0 Å². The molecule has 0 saturated carbocycles. The highest BCUT2D eigenvalue weighted by molar-refractivity contribution is 5.29. The van der Waals surface area contributed by atoms with Gasteiger partial charge in [0.1, 0.15) is 5.75 Å². The smallest absolute Gasteiger partial charge is 0.118 e. The van der Waals surface area contributed by atoms with Crippen LogP contribution in [0.15, 0.2) is 24.3 Å². The van der Waals surface area contributed by atoms with E-state index in [0.717, 1.165) is 30.7 Å². The van der Waals surface area contributed by atoms with Crippen LogP contribution in [0.5, 0.6) is 5.75 Å². The second kappa shape index (κ2) is 7.09. The Morgan fingerprint density at radius 1 is 1.20 bits per heavy atom. The van der Waals surface area contributed by atoms with Crippen molar-refractivity contribution >= 4 is 0 Å². The largest absolute Gasteiger partial charge is 0.497 e. The van der Waals surface area contributed by atoms with Gasteiger partial charge in [0, 0.05) is 12.6 Å². The fourth-order valence-corrected chi connectivity index (χ4v) is 3.22. The summed E-state index contributed by atoms with van der Waals surface area (Å²) in [5, 5.41) is 0. The lowest BCUT2D eigenvalue weighted by molar-refractivity contribution is 0.117. The number of hydrogen-bond donors (Lipinski definition) is 1. The Hall–Kier alpha value is -1.06. The van der Waals surface area contributed by atoms with Gasteiger partial charge in [-0.25, -0.2) is 0 Å². The van der Waals surface area contributed by atoms with Gasteiger partial charge in [-0.1, -0.05) is 26.0 Å². The van der Waals surface area contributed by atoms with Crippen LogP contribution >= 0.6 is 0 Å². The van der Waals surface area contributed by atoms with Crippen LogP contribution in [0.3, 0.4) is 0 Å². The first-order chi connectivity index (χ1) is 9.65. The van der Waals surface area contributed by atoms with Gasteiger partial charge >= 0.3 is 0 Å². The summed E-state index contributed by atoms with van der Waals surface area (Å²) < 4.78 is 5.22. The maximum Gasteiger partial charge on any atom is 0.118 e. The van der Waals surface area contributed by atoms with Crippen molar-refractivity contribution in [2.75, 3.05) is 26.7 Å². The maximum absolute atomic E-state index is 6.03. The predicted molar refractivity (Wildman–Crippen MR) is 83.9 cm³/mol. The lowest BCUT2D eigenvalue weighted by Gasteiger charge is -2.38. The normalized spacial score (nSPS) is 19.2. The van der Waals surface area contributed by atoms with E-state index in [2.05, 4.69) is 30.9 Å². The number of hydrogen-bond acceptors (Lipinski definition) is 3. The van der Waals surface area contributed by atoms with Crippen molar-refractivity contribution in [3.05, 3.63) is 29.8 Å². The fraction of sp³-hybridized carbons (Fsp3) is 0.647. The molecule has 112 valence electrons. The molecule has 1 aliphatic heterocycles. The zero-order valence-corrected chi connectivity index (χ0v) is 13.0. The van der Waals surface area contributed by atoms with Gasteiger partial charge in [0.15, 0.2) is 0 Å². The van der Waals surface area contributed by atoms with Crippen LogP contribution in [0.4, 0.5) is 0 Å². The van der Waals surface area contributed by atoms with E-state index in [1.165, 1.54) is 18.4 Å². The van der Waals surface area contributed by atoms with Crippen LogP contribution in [0.1, 0.15) is 38.3 Å². The molecule has 3 nitrogen and oxygen atoms in total. The van der Waals surface area contributed by atoms with E-state index in [0.29, 0.717) is 12.6 Å². The van der Waals surface area contributed by atoms with Gasteiger partial charge < -0.3 is 10.5 Å². The molecular formula is C17H28N2O. The SMILES string of the molecule is COc1ccc(C(CN)N2CCC(C(C)C)CC2)cc1. The standard InChI is InChI=1S/C17H28N2O/c1-13(2)14-8-10-19(11-9-14)17(12-18)15-4-6-16(20-3)7-5-15/h4-7,13-14,17H,8-12,18H2,1-3H3. The molecule has 1 unspecified atom stereocenters. The third-order valence-corrected chi connectivity index (χ3v) is 4.68. The molecule has 1 atom stereocenters. The lowest BCUT2D eigenvalue weighted by atomic mass is 9.86. The van der Waals surface area contributed by atoms with Gasteiger partial charge in [0.25, 0.3) is 0 Å². The Balaban J connectivity index is 2.01. The van der Waals surface area contributed by atoms with E-state index < -0.39 is 0 Å². The van der Waals surface area contributed by atoms with Crippen LogP contribution in [0.2, 0.25) is 0 Å². The molecular weight excluding hydrogens is 248 g/mol. The summed E-state index contributed by atoms with van der Waals surface area (Å²) in [5.74, 6) is 2.58. The van der Waals surface area contributed by atoms with Crippen LogP contribution in [-0.4, -0.2) is 31.6 Å². The molecule has 1 saturated heterocycles. The summed E-state index contributed by atoms with van der Waals surface area (Å²) in [7, 11) is 1.70. The molecule has 0 spiro atoms. The average molecular weight is 276 g/mol. The highest BCUT2D eigenvalue weighted by Crippen LogP contribution is 2.30. The van der Waals surface area contributed by atoms with Crippen molar-refractivity contribution in [1.82, 2.24) is 4.90 Å².